The number of nitriles is 1. The predicted molar refractivity (Wildman–Crippen MR) is 153 cm³/mol. The highest BCUT2D eigenvalue weighted by Gasteiger charge is 2.56. The van der Waals surface area contributed by atoms with Gasteiger partial charge in [-0.25, -0.2) is 8.42 Å². The highest BCUT2D eigenvalue weighted by molar-refractivity contribution is 7.92. The third-order valence-electron chi connectivity index (χ3n) is 7.35. The van der Waals surface area contributed by atoms with Crippen LogP contribution in [0.4, 0.5) is 0 Å². The number of aliphatic carboxylic acids is 1. The zero-order valence-corrected chi connectivity index (χ0v) is 24.2. The molecule has 5 nitrogen and oxygen atoms in total. The standard InChI is InChI=1S/C29H33NO4S2Si/c1-37(2,3)19-16-25(28(31)32)29(17-4-5-18-36(29,33)34)27-15-14-26(35-27)24-12-10-23(11-13-24)22-8-6-21(20-30)7-9-22/h6-15,25H,4-5,16-19H2,1-3H3,(H,31,32)/t25?,29-/m0/s1. The number of benzene rings is 2. The van der Waals surface area contributed by atoms with E-state index >= 15 is 0 Å². The van der Waals surface area contributed by atoms with E-state index in [0.717, 1.165) is 27.6 Å². The lowest BCUT2D eigenvalue weighted by Crippen LogP contribution is -2.49. The van der Waals surface area contributed by atoms with Crippen LogP contribution in [0.5, 0.6) is 0 Å². The Morgan fingerprint density at radius 3 is 2.14 bits per heavy atom. The van der Waals surface area contributed by atoms with Crippen LogP contribution < -0.4 is 0 Å². The van der Waals surface area contributed by atoms with Crippen LogP contribution >= 0.6 is 11.3 Å². The van der Waals surface area contributed by atoms with Gasteiger partial charge in [-0.05, 0) is 60.2 Å². The lowest BCUT2D eigenvalue weighted by atomic mass is 9.83. The number of rotatable bonds is 8. The molecule has 0 radical (unpaired) electrons. The van der Waals surface area contributed by atoms with E-state index in [4.69, 9.17) is 5.26 Å². The topological polar surface area (TPSA) is 95.2 Å². The summed E-state index contributed by atoms with van der Waals surface area (Å²) >= 11 is 1.41. The molecule has 1 aliphatic heterocycles. The molecule has 1 unspecified atom stereocenters. The summed E-state index contributed by atoms with van der Waals surface area (Å²) in [6, 6.07) is 22.1. The molecule has 1 saturated heterocycles. The van der Waals surface area contributed by atoms with Gasteiger partial charge in [-0.15, -0.1) is 11.3 Å². The van der Waals surface area contributed by atoms with Crippen molar-refractivity contribution in [3.05, 3.63) is 71.1 Å². The minimum Gasteiger partial charge on any atom is -0.481 e. The van der Waals surface area contributed by atoms with Crippen molar-refractivity contribution in [2.24, 2.45) is 5.92 Å². The number of hydrogen-bond acceptors (Lipinski definition) is 5. The monoisotopic (exact) mass is 551 g/mol. The molecule has 2 atom stereocenters. The van der Waals surface area contributed by atoms with Gasteiger partial charge < -0.3 is 5.11 Å². The van der Waals surface area contributed by atoms with Crippen LogP contribution in [0.2, 0.25) is 25.7 Å². The lowest BCUT2D eigenvalue weighted by molar-refractivity contribution is -0.143. The van der Waals surface area contributed by atoms with Gasteiger partial charge in [0.05, 0.1) is 23.3 Å². The van der Waals surface area contributed by atoms with Crippen LogP contribution in [0.25, 0.3) is 21.6 Å². The second-order valence-corrected chi connectivity index (χ2v) is 20.2. The summed E-state index contributed by atoms with van der Waals surface area (Å²) in [6.45, 7) is 6.58. The molecule has 0 saturated carbocycles. The first-order valence-electron chi connectivity index (χ1n) is 12.6. The number of hydrogen-bond donors (Lipinski definition) is 1. The SMILES string of the molecule is C[Si](C)(C)CCC(C(=O)O)[C@]1(c2ccc(-c3ccc(-c4ccc(C#N)cc4)cc3)s2)CCCCS1(=O)=O. The average Bonchev–Trinajstić information content (AvgIpc) is 3.35. The molecular formula is C29H33NO4S2Si. The summed E-state index contributed by atoms with van der Waals surface area (Å²) < 4.78 is 26.0. The van der Waals surface area contributed by atoms with Crippen molar-refractivity contribution in [3.63, 3.8) is 0 Å². The highest BCUT2D eigenvalue weighted by atomic mass is 32.2. The quantitative estimate of drug-likeness (QED) is 0.299. The fraction of sp³-hybridized carbons (Fsp3) is 0.379. The number of carboxylic acids is 1. The van der Waals surface area contributed by atoms with Crippen LogP contribution in [0.1, 0.15) is 36.1 Å². The number of nitrogens with zero attached hydrogens (tertiary/aromatic N) is 1. The van der Waals surface area contributed by atoms with Gasteiger partial charge in [0.25, 0.3) is 0 Å². The van der Waals surface area contributed by atoms with Crippen molar-refractivity contribution in [3.8, 4) is 27.6 Å². The van der Waals surface area contributed by atoms with Gasteiger partial charge in [0, 0.05) is 17.8 Å². The summed E-state index contributed by atoms with van der Waals surface area (Å²) in [5.41, 5.74) is 3.61. The van der Waals surface area contributed by atoms with Crippen molar-refractivity contribution in [1.29, 1.82) is 5.26 Å². The maximum absolute atomic E-state index is 13.7. The smallest absolute Gasteiger partial charge is 0.308 e. The zero-order chi connectivity index (χ0) is 26.8. The van der Waals surface area contributed by atoms with E-state index < -0.39 is 34.5 Å². The summed E-state index contributed by atoms with van der Waals surface area (Å²) in [7, 11) is -5.21. The molecule has 3 aromatic rings. The van der Waals surface area contributed by atoms with Crippen LogP contribution in [-0.2, 0) is 19.4 Å². The first-order chi connectivity index (χ1) is 17.5. The van der Waals surface area contributed by atoms with Crippen LogP contribution in [0.15, 0.2) is 60.7 Å². The molecule has 0 spiro atoms. The Kier molecular flexibility index (Phi) is 7.79. The first kappa shape index (κ1) is 27.3. The Balaban J connectivity index is 1.71. The molecule has 1 aliphatic rings. The van der Waals surface area contributed by atoms with Gasteiger partial charge in [0.2, 0.25) is 0 Å². The Morgan fingerprint density at radius 2 is 1.59 bits per heavy atom. The fourth-order valence-electron chi connectivity index (χ4n) is 5.27. The number of thiophene rings is 1. The molecule has 4 rings (SSSR count). The van der Waals surface area contributed by atoms with Gasteiger partial charge in [-0.2, -0.15) is 5.26 Å². The predicted octanol–water partition coefficient (Wildman–Crippen LogP) is 7.18. The van der Waals surface area contributed by atoms with Gasteiger partial charge in [-0.1, -0.05) is 68.5 Å². The lowest BCUT2D eigenvalue weighted by Gasteiger charge is -2.41. The molecule has 37 heavy (non-hydrogen) atoms. The Bertz CT molecular complexity index is 1410. The summed E-state index contributed by atoms with van der Waals surface area (Å²) in [5.74, 6) is -1.92. The molecule has 0 amide bonds. The van der Waals surface area contributed by atoms with Gasteiger partial charge in [0.15, 0.2) is 9.84 Å². The van der Waals surface area contributed by atoms with E-state index in [-0.39, 0.29) is 5.75 Å². The van der Waals surface area contributed by atoms with E-state index in [1.54, 1.807) is 12.1 Å². The molecule has 0 bridgehead atoms. The van der Waals surface area contributed by atoms with Crippen LogP contribution in [0.3, 0.4) is 0 Å². The summed E-state index contributed by atoms with van der Waals surface area (Å²) in [4.78, 5) is 14.2. The number of carboxylic acid groups (broad SMARTS) is 1. The van der Waals surface area contributed by atoms with E-state index in [9.17, 15) is 18.3 Å². The second kappa shape index (κ2) is 10.6. The fourth-order valence-corrected chi connectivity index (χ4v) is 10.5. The average molecular weight is 552 g/mol. The van der Waals surface area contributed by atoms with E-state index in [0.29, 0.717) is 36.1 Å². The van der Waals surface area contributed by atoms with Crippen molar-refractivity contribution in [1.82, 2.24) is 0 Å². The molecule has 2 heterocycles. The molecule has 0 aliphatic carbocycles. The molecule has 8 heteroatoms. The van der Waals surface area contributed by atoms with Crippen molar-refractivity contribution >= 4 is 35.2 Å². The zero-order valence-electron chi connectivity index (χ0n) is 21.5. The second-order valence-electron chi connectivity index (χ2n) is 11.1. The van der Waals surface area contributed by atoms with E-state index in [1.807, 2.05) is 48.5 Å². The molecule has 1 aromatic heterocycles. The molecule has 2 aromatic carbocycles. The number of carbonyl (C=O) groups is 1. The third-order valence-corrected chi connectivity index (χ3v) is 13.2. The molecule has 194 valence electrons. The number of sulfone groups is 1. The Labute approximate surface area is 224 Å². The van der Waals surface area contributed by atoms with Gasteiger partial charge in [0.1, 0.15) is 4.75 Å². The van der Waals surface area contributed by atoms with Crippen LogP contribution in [0, 0.1) is 17.2 Å². The minimum absolute atomic E-state index is 0.0379. The van der Waals surface area contributed by atoms with Crippen molar-refractivity contribution in [2.75, 3.05) is 5.75 Å². The van der Waals surface area contributed by atoms with Gasteiger partial charge >= 0.3 is 5.97 Å². The van der Waals surface area contributed by atoms with Gasteiger partial charge in [-0.3, -0.25) is 4.79 Å². The maximum atomic E-state index is 13.7. The summed E-state index contributed by atoms with van der Waals surface area (Å²) in [6.07, 6.45) is 2.04. The molecular weight excluding hydrogens is 519 g/mol. The first-order valence-corrected chi connectivity index (χ1v) is 18.8. The van der Waals surface area contributed by atoms with Crippen LogP contribution in [-0.4, -0.2) is 33.3 Å². The largest absolute Gasteiger partial charge is 0.481 e. The van der Waals surface area contributed by atoms with Crippen molar-refractivity contribution in [2.45, 2.75) is 56.1 Å². The van der Waals surface area contributed by atoms with Crippen molar-refractivity contribution < 1.29 is 18.3 Å². The minimum atomic E-state index is -3.65. The highest BCUT2D eigenvalue weighted by Crippen LogP contribution is 2.51. The molecule has 1 N–H and O–H groups in total. The Hall–Kier alpha value is -2.73. The Morgan fingerprint density at radius 1 is 1.00 bits per heavy atom. The normalized spacial score (nSPS) is 20.2. The molecule has 1 fully saturated rings. The third kappa shape index (κ3) is 5.59. The summed E-state index contributed by atoms with van der Waals surface area (Å²) in [5, 5.41) is 19.3. The maximum Gasteiger partial charge on any atom is 0.308 e. The van der Waals surface area contributed by atoms with E-state index in [1.165, 1.54) is 11.3 Å². The van der Waals surface area contributed by atoms with E-state index in [2.05, 4.69) is 25.7 Å².